The maximum atomic E-state index is 11.7. The molecule has 5 nitrogen and oxygen atoms in total. The van der Waals surface area contributed by atoms with E-state index in [-0.39, 0.29) is 5.56 Å². The highest BCUT2D eigenvalue weighted by atomic mass is 16.1. The van der Waals surface area contributed by atoms with E-state index in [1.54, 1.807) is 12.3 Å². The molecule has 1 N–H and O–H groups in total. The molecule has 5 heteroatoms. The van der Waals surface area contributed by atoms with Crippen LogP contribution in [0.25, 0.3) is 0 Å². The zero-order chi connectivity index (χ0) is 12.0. The maximum Gasteiger partial charge on any atom is 0.268 e. The summed E-state index contributed by atoms with van der Waals surface area (Å²) in [5.41, 5.74) is 0.746. The maximum absolute atomic E-state index is 11.7. The third kappa shape index (κ3) is 4.02. The van der Waals surface area contributed by atoms with Crippen LogP contribution in [-0.4, -0.2) is 41.9 Å². The number of anilines is 1. The van der Waals surface area contributed by atoms with Gasteiger partial charge in [-0.1, -0.05) is 6.92 Å². The molecule has 0 unspecified atom stereocenters. The first-order chi connectivity index (χ1) is 7.63. The van der Waals surface area contributed by atoms with Gasteiger partial charge in [-0.05, 0) is 20.5 Å². The molecular formula is C11H20N4O. The van der Waals surface area contributed by atoms with Gasteiger partial charge in [0, 0.05) is 19.2 Å². The average Bonchev–Trinajstić information content (AvgIpc) is 2.24. The zero-order valence-electron chi connectivity index (χ0n) is 10.2. The lowest BCUT2D eigenvalue weighted by atomic mass is 10.4. The number of nitrogens with zero attached hydrogens (tertiary/aromatic N) is 3. The molecule has 1 heterocycles. The minimum Gasteiger partial charge on any atom is -0.384 e. The molecule has 0 aliphatic rings. The standard InChI is InChI=1S/C11H20N4O/c1-4-5-12-10-8-11(16)15(13-9-10)7-6-14(2)3/h8-9,12H,4-7H2,1-3H3. The van der Waals surface area contributed by atoms with Crippen molar-refractivity contribution >= 4 is 5.69 Å². The monoisotopic (exact) mass is 224 g/mol. The Morgan fingerprint density at radius 3 is 2.81 bits per heavy atom. The predicted octanol–water partition coefficient (Wildman–Crippen LogP) is 0.627. The highest BCUT2D eigenvalue weighted by Gasteiger charge is 2.00. The topological polar surface area (TPSA) is 50.2 Å². The van der Waals surface area contributed by atoms with E-state index in [0.717, 1.165) is 25.2 Å². The number of hydrogen-bond acceptors (Lipinski definition) is 4. The molecule has 0 aliphatic heterocycles. The highest BCUT2D eigenvalue weighted by molar-refractivity contribution is 5.38. The molecule has 0 radical (unpaired) electrons. The summed E-state index contributed by atoms with van der Waals surface area (Å²) < 4.78 is 1.48. The number of rotatable bonds is 6. The summed E-state index contributed by atoms with van der Waals surface area (Å²) in [4.78, 5) is 13.7. The summed E-state index contributed by atoms with van der Waals surface area (Å²) in [5, 5.41) is 7.26. The predicted molar refractivity (Wildman–Crippen MR) is 65.8 cm³/mol. The fourth-order valence-corrected chi connectivity index (χ4v) is 1.26. The Bertz CT molecular complexity index is 372. The van der Waals surface area contributed by atoms with Gasteiger partial charge in [0.1, 0.15) is 0 Å². The van der Waals surface area contributed by atoms with Gasteiger partial charge in [0.2, 0.25) is 0 Å². The minimum absolute atomic E-state index is 0.0528. The second-order valence-electron chi connectivity index (χ2n) is 4.04. The molecule has 0 atom stereocenters. The minimum atomic E-state index is -0.0528. The van der Waals surface area contributed by atoms with Crippen LogP contribution in [0.4, 0.5) is 5.69 Å². The van der Waals surface area contributed by atoms with E-state index >= 15 is 0 Å². The van der Waals surface area contributed by atoms with Crippen LogP contribution in [0.5, 0.6) is 0 Å². The van der Waals surface area contributed by atoms with Crippen molar-refractivity contribution in [3.05, 3.63) is 22.6 Å². The molecule has 90 valence electrons. The van der Waals surface area contributed by atoms with Gasteiger partial charge in [-0.3, -0.25) is 4.79 Å². The van der Waals surface area contributed by atoms with E-state index in [9.17, 15) is 4.79 Å². The summed E-state index contributed by atoms with van der Waals surface area (Å²) in [6.07, 6.45) is 2.73. The van der Waals surface area contributed by atoms with Crippen LogP contribution in [0.1, 0.15) is 13.3 Å². The summed E-state index contributed by atoms with van der Waals surface area (Å²) in [7, 11) is 3.95. The van der Waals surface area contributed by atoms with Crippen molar-refractivity contribution in [3.63, 3.8) is 0 Å². The van der Waals surface area contributed by atoms with E-state index in [1.807, 2.05) is 19.0 Å². The van der Waals surface area contributed by atoms with Crippen LogP contribution in [-0.2, 0) is 6.54 Å². The zero-order valence-corrected chi connectivity index (χ0v) is 10.2. The van der Waals surface area contributed by atoms with Crippen LogP contribution < -0.4 is 10.9 Å². The van der Waals surface area contributed by atoms with Gasteiger partial charge in [0.05, 0.1) is 18.4 Å². The van der Waals surface area contributed by atoms with E-state index in [4.69, 9.17) is 0 Å². The summed E-state index contributed by atoms with van der Waals surface area (Å²) in [6, 6.07) is 1.60. The average molecular weight is 224 g/mol. The molecule has 1 rings (SSSR count). The SMILES string of the molecule is CCCNc1cnn(CCN(C)C)c(=O)c1. The van der Waals surface area contributed by atoms with Gasteiger partial charge in [0.25, 0.3) is 5.56 Å². The van der Waals surface area contributed by atoms with Gasteiger partial charge in [-0.15, -0.1) is 0 Å². The molecule has 0 fully saturated rings. The lowest BCUT2D eigenvalue weighted by molar-refractivity contribution is 0.367. The molecular weight excluding hydrogens is 204 g/mol. The summed E-state index contributed by atoms with van der Waals surface area (Å²) in [5.74, 6) is 0. The van der Waals surface area contributed by atoms with E-state index in [2.05, 4.69) is 17.3 Å². The molecule has 0 amide bonds. The Labute approximate surface area is 96.1 Å². The summed E-state index contributed by atoms with van der Waals surface area (Å²) in [6.45, 7) is 4.39. The van der Waals surface area contributed by atoms with Gasteiger partial charge in [-0.25, -0.2) is 4.68 Å². The second kappa shape index (κ2) is 6.27. The molecule has 0 saturated heterocycles. The largest absolute Gasteiger partial charge is 0.384 e. The lowest BCUT2D eigenvalue weighted by Crippen LogP contribution is -2.28. The van der Waals surface area contributed by atoms with Crippen LogP contribution in [0.15, 0.2) is 17.1 Å². The van der Waals surface area contributed by atoms with Gasteiger partial charge < -0.3 is 10.2 Å². The van der Waals surface area contributed by atoms with Crippen molar-refractivity contribution in [2.45, 2.75) is 19.9 Å². The first-order valence-electron chi connectivity index (χ1n) is 5.59. The fourth-order valence-electron chi connectivity index (χ4n) is 1.26. The smallest absolute Gasteiger partial charge is 0.268 e. The number of hydrogen-bond donors (Lipinski definition) is 1. The molecule has 1 aromatic rings. The number of likely N-dealkylation sites (N-methyl/N-ethyl adjacent to an activating group) is 1. The third-order valence-corrected chi connectivity index (χ3v) is 2.21. The van der Waals surface area contributed by atoms with Crippen LogP contribution in [0, 0.1) is 0 Å². The van der Waals surface area contributed by atoms with Crippen LogP contribution >= 0.6 is 0 Å². The number of nitrogens with one attached hydrogen (secondary N) is 1. The Morgan fingerprint density at radius 1 is 1.50 bits per heavy atom. The molecule has 0 bridgehead atoms. The molecule has 0 aromatic carbocycles. The van der Waals surface area contributed by atoms with Crippen molar-refractivity contribution in [3.8, 4) is 0 Å². The van der Waals surface area contributed by atoms with Crippen molar-refractivity contribution in [2.75, 3.05) is 32.5 Å². The van der Waals surface area contributed by atoms with Gasteiger partial charge in [0.15, 0.2) is 0 Å². The van der Waals surface area contributed by atoms with E-state index in [1.165, 1.54) is 4.68 Å². The first-order valence-corrected chi connectivity index (χ1v) is 5.59. The van der Waals surface area contributed by atoms with Crippen LogP contribution in [0.2, 0.25) is 0 Å². The van der Waals surface area contributed by atoms with Gasteiger partial charge >= 0.3 is 0 Å². The molecule has 0 saturated carbocycles. The third-order valence-electron chi connectivity index (χ3n) is 2.21. The fraction of sp³-hybridized carbons (Fsp3) is 0.636. The molecule has 1 aromatic heterocycles. The Balaban J connectivity index is 2.64. The normalized spacial score (nSPS) is 10.8. The Kier molecular flexibility index (Phi) is 4.98. The van der Waals surface area contributed by atoms with E-state index in [0.29, 0.717) is 6.54 Å². The Morgan fingerprint density at radius 2 is 2.25 bits per heavy atom. The first kappa shape index (κ1) is 12.7. The highest BCUT2D eigenvalue weighted by Crippen LogP contribution is 1.99. The quantitative estimate of drug-likeness (QED) is 0.770. The molecule has 0 spiro atoms. The molecule has 16 heavy (non-hydrogen) atoms. The second-order valence-corrected chi connectivity index (χ2v) is 4.04. The van der Waals surface area contributed by atoms with Crippen molar-refractivity contribution < 1.29 is 0 Å². The van der Waals surface area contributed by atoms with Crippen molar-refractivity contribution in [1.82, 2.24) is 14.7 Å². The van der Waals surface area contributed by atoms with Gasteiger partial charge in [-0.2, -0.15) is 5.10 Å². The van der Waals surface area contributed by atoms with Crippen LogP contribution in [0.3, 0.4) is 0 Å². The molecule has 0 aliphatic carbocycles. The van der Waals surface area contributed by atoms with Crippen molar-refractivity contribution in [1.29, 1.82) is 0 Å². The summed E-state index contributed by atoms with van der Waals surface area (Å²) >= 11 is 0. The Hall–Kier alpha value is -1.36. The lowest BCUT2D eigenvalue weighted by Gasteiger charge is -2.10. The van der Waals surface area contributed by atoms with E-state index < -0.39 is 0 Å². The number of aromatic nitrogens is 2. The van der Waals surface area contributed by atoms with Crippen molar-refractivity contribution in [2.24, 2.45) is 0 Å².